The fourth-order valence-electron chi connectivity index (χ4n) is 7.02. The van der Waals surface area contributed by atoms with Crippen LogP contribution in [0.4, 0.5) is 11.5 Å². The van der Waals surface area contributed by atoms with Crippen molar-refractivity contribution in [1.29, 1.82) is 0 Å². The second-order valence-corrected chi connectivity index (χ2v) is 16.0. The topological polar surface area (TPSA) is 225 Å². The number of esters is 1. The molecule has 2 atom stereocenters. The molecule has 2 aliphatic rings. The summed E-state index contributed by atoms with van der Waals surface area (Å²) < 4.78 is 32.4. The molecule has 2 aromatic rings. The number of benzene rings is 1. The van der Waals surface area contributed by atoms with Crippen LogP contribution in [0.25, 0.3) is 6.08 Å². The monoisotopic (exact) mass is 753 g/mol. The summed E-state index contributed by atoms with van der Waals surface area (Å²) in [4.78, 5) is 70.1. The molecule has 0 bridgehead atoms. The quantitative estimate of drug-likeness (QED) is 0.182. The first-order valence-electron chi connectivity index (χ1n) is 17.3. The van der Waals surface area contributed by atoms with Crippen LogP contribution in [-0.2, 0) is 29.1 Å². The first-order valence-corrected chi connectivity index (χ1v) is 19.1. The number of allylic oxidation sites excluding steroid dienone is 1. The highest BCUT2D eigenvalue weighted by Crippen LogP contribution is 2.37. The van der Waals surface area contributed by atoms with Gasteiger partial charge in [0.25, 0.3) is 0 Å². The fourth-order valence-corrected chi connectivity index (χ4v) is 7.97. The van der Waals surface area contributed by atoms with E-state index in [1.54, 1.807) is 13.0 Å². The lowest BCUT2D eigenvalue weighted by Gasteiger charge is -2.37. The van der Waals surface area contributed by atoms with Crippen molar-refractivity contribution in [1.82, 2.24) is 10.3 Å². The predicted octanol–water partition coefficient (Wildman–Crippen LogP) is 5.03. The van der Waals surface area contributed by atoms with Gasteiger partial charge in [0.2, 0.25) is 21.8 Å². The lowest BCUT2D eigenvalue weighted by atomic mass is 9.75. The zero-order valence-corrected chi connectivity index (χ0v) is 31.9. The number of ether oxygens (including phenoxy) is 1. The summed E-state index contributed by atoms with van der Waals surface area (Å²) in [5, 5.41) is 24.4. The van der Waals surface area contributed by atoms with Crippen molar-refractivity contribution in [3.63, 3.8) is 0 Å². The van der Waals surface area contributed by atoms with E-state index in [0.29, 0.717) is 28.7 Å². The second-order valence-electron chi connectivity index (χ2n) is 14.1. The number of amides is 2. The van der Waals surface area contributed by atoms with Crippen molar-refractivity contribution in [2.24, 2.45) is 22.7 Å². The number of carboxylic acids is 2. The van der Waals surface area contributed by atoms with Gasteiger partial charge in [-0.1, -0.05) is 20.8 Å². The molecular weight excluding hydrogens is 706 g/mol. The van der Waals surface area contributed by atoms with E-state index in [1.165, 1.54) is 6.92 Å². The number of rotatable bonds is 12. The Kier molecular flexibility index (Phi) is 12.4. The normalized spacial score (nSPS) is 20.9. The number of hydrogen-bond acceptors (Lipinski definition) is 9. The number of nitrogens with zero attached hydrogens (tertiary/aromatic N) is 2. The molecule has 2 heterocycles. The van der Waals surface area contributed by atoms with Gasteiger partial charge >= 0.3 is 17.9 Å². The number of amidine groups is 1. The third kappa shape index (κ3) is 9.60. The highest BCUT2D eigenvalue weighted by molar-refractivity contribution is 7.92. The minimum atomic E-state index is -4.04. The number of hydrogen-bond donors (Lipinski definition) is 5. The van der Waals surface area contributed by atoms with Crippen LogP contribution in [0.5, 0.6) is 0 Å². The number of carbonyl (C=O) groups is 5. The van der Waals surface area contributed by atoms with Gasteiger partial charge in [-0.25, -0.2) is 27.8 Å². The number of sulfonamides is 1. The van der Waals surface area contributed by atoms with Gasteiger partial charge in [0, 0.05) is 25.6 Å². The van der Waals surface area contributed by atoms with Gasteiger partial charge in [0.15, 0.2) is 0 Å². The first kappa shape index (κ1) is 40.5. The van der Waals surface area contributed by atoms with Crippen LogP contribution in [0, 0.1) is 31.6 Å². The minimum Gasteiger partial charge on any atom is -0.478 e. The molecule has 2 amide bonds. The van der Waals surface area contributed by atoms with Crippen molar-refractivity contribution < 1.29 is 47.3 Å². The Labute approximate surface area is 308 Å². The van der Waals surface area contributed by atoms with Gasteiger partial charge in [0.1, 0.15) is 23.3 Å². The average Bonchev–Trinajstić information content (AvgIpc) is 3.48. The number of carboxylic acid groups (broad SMARTS) is 2. The van der Waals surface area contributed by atoms with E-state index in [9.17, 15) is 42.6 Å². The van der Waals surface area contributed by atoms with Crippen molar-refractivity contribution in [2.45, 2.75) is 80.3 Å². The summed E-state index contributed by atoms with van der Waals surface area (Å²) in [6, 6.07) is 3.01. The van der Waals surface area contributed by atoms with E-state index in [1.807, 2.05) is 27.7 Å². The van der Waals surface area contributed by atoms with Gasteiger partial charge in [-0.05, 0) is 98.8 Å². The van der Waals surface area contributed by atoms with Crippen molar-refractivity contribution >= 4 is 63.2 Å². The van der Waals surface area contributed by atoms with Crippen LogP contribution < -0.4 is 14.9 Å². The maximum atomic E-state index is 13.9. The number of nitrogens with one attached hydrogen (secondary N) is 3. The van der Waals surface area contributed by atoms with Gasteiger partial charge in [-0.15, -0.1) is 0 Å². The van der Waals surface area contributed by atoms with Crippen LogP contribution in [-0.4, -0.2) is 78.1 Å². The van der Waals surface area contributed by atoms with E-state index < -0.39 is 45.0 Å². The third-order valence-corrected chi connectivity index (χ3v) is 10.8. The Morgan fingerprint density at radius 1 is 0.962 bits per heavy atom. The molecule has 1 aliphatic carbocycles. The Balaban J connectivity index is 1.61. The molecule has 1 aromatic carbocycles. The molecule has 2 unspecified atom stereocenters. The van der Waals surface area contributed by atoms with Crippen molar-refractivity contribution in [3.05, 3.63) is 63.0 Å². The van der Waals surface area contributed by atoms with E-state index in [0.717, 1.165) is 52.7 Å². The second kappa shape index (κ2) is 16.2. The van der Waals surface area contributed by atoms with Gasteiger partial charge in [0.05, 0.1) is 28.8 Å². The average molecular weight is 754 g/mol. The zero-order chi connectivity index (χ0) is 39.5. The molecule has 1 fully saturated rings. The summed E-state index contributed by atoms with van der Waals surface area (Å²) in [7, 11) is -4.04. The third-order valence-electron chi connectivity index (χ3n) is 9.65. The Hall–Kier alpha value is -5.25. The van der Waals surface area contributed by atoms with Gasteiger partial charge < -0.3 is 30.6 Å². The lowest BCUT2D eigenvalue weighted by Crippen LogP contribution is -2.40. The van der Waals surface area contributed by atoms with E-state index in [2.05, 4.69) is 27.5 Å². The molecule has 0 saturated heterocycles. The molecular formula is C37H47N5O10S. The zero-order valence-electron chi connectivity index (χ0n) is 31.1. The molecule has 1 aromatic heterocycles. The molecule has 5 N–H and O–H groups in total. The molecule has 1 saturated carbocycles. The molecule has 15 nitrogen and oxygen atoms in total. The van der Waals surface area contributed by atoms with Crippen LogP contribution >= 0.6 is 0 Å². The number of aliphatic imine (C=N–C) groups is 1. The maximum Gasteiger partial charge on any atom is 0.342 e. The first-order chi connectivity index (χ1) is 24.7. The fraction of sp³-hybridized carbons (Fsp3) is 0.459. The predicted molar refractivity (Wildman–Crippen MR) is 199 cm³/mol. The summed E-state index contributed by atoms with van der Waals surface area (Å²) in [6.45, 7) is 12.8. The molecule has 0 radical (unpaired) electrons. The van der Waals surface area contributed by atoms with E-state index >= 15 is 0 Å². The maximum absolute atomic E-state index is 13.9. The van der Waals surface area contributed by atoms with Crippen molar-refractivity contribution in [3.8, 4) is 0 Å². The van der Waals surface area contributed by atoms with Crippen LogP contribution in [0.3, 0.4) is 0 Å². The number of aromatic carboxylic acids is 2. The highest BCUT2D eigenvalue weighted by atomic mass is 32.2. The Bertz CT molecular complexity index is 2000. The highest BCUT2D eigenvalue weighted by Gasteiger charge is 2.37. The number of anilines is 2. The number of carbonyl (C=O) groups excluding carboxylic acids is 3. The number of H-pyrrole nitrogens is 1. The molecule has 16 heteroatoms. The van der Waals surface area contributed by atoms with Crippen molar-refractivity contribution in [2.75, 3.05) is 22.4 Å². The standard InChI is InChI=1S/C37H47N5O10S/c1-18-12-19(2)32(20(3)13-18)52-37(49)31-23(6)29(17-28-21(4)22(5)33(39-28)38-24(7)43)40-34(31)41-30(44)10-9-11-42(53(8,50)51)27-15-25(35(45)46)14-26(16-27)36(47)48/h14-20,32,39H,9-13H2,1-8H3,(H,38,43)(H,45,46)(H,47,48)(H,40,41,44)/b29-17-. The minimum absolute atomic E-state index is 0.0310. The Morgan fingerprint density at radius 3 is 2.08 bits per heavy atom. The van der Waals surface area contributed by atoms with Crippen LogP contribution in [0.2, 0.25) is 0 Å². The van der Waals surface area contributed by atoms with E-state index in [-0.39, 0.29) is 60.3 Å². The number of aromatic amines is 1. The summed E-state index contributed by atoms with van der Waals surface area (Å²) in [6.07, 6.45) is 3.75. The molecule has 0 spiro atoms. The van der Waals surface area contributed by atoms with Crippen LogP contribution in [0.15, 0.2) is 40.0 Å². The van der Waals surface area contributed by atoms with Crippen LogP contribution in [0.1, 0.15) is 97.8 Å². The SMILES string of the molecule is CC(=O)Nc1[nH]c(/C=C2\N=C(NC(=O)CCCN(c3cc(C(=O)O)cc(C(=O)O)c3)S(C)(=O)=O)C(C(=O)OC3C(C)CC(C)CC3C)=C2C)c(C)c1C. The number of aromatic nitrogens is 1. The molecule has 1 aliphatic heterocycles. The summed E-state index contributed by atoms with van der Waals surface area (Å²) in [5.41, 5.74) is 2.18. The smallest absolute Gasteiger partial charge is 0.342 e. The Morgan fingerprint density at radius 2 is 1.55 bits per heavy atom. The molecule has 4 rings (SSSR count). The van der Waals surface area contributed by atoms with Gasteiger partial charge in [-0.2, -0.15) is 0 Å². The molecule has 286 valence electrons. The van der Waals surface area contributed by atoms with E-state index in [4.69, 9.17) is 4.74 Å². The summed E-state index contributed by atoms with van der Waals surface area (Å²) in [5.74, 6) is -3.16. The molecule has 53 heavy (non-hydrogen) atoms. The summed E-state index contributed by atoms with van der Waals surface area (Å²) >= 11 is 0. The lowest BCUT2D eigenvalue weighted by molar-refractivity contribution is -0.152. The largest absolute Gasteiger partial charge is 0.478 e. The van der Waals surface area contributed by atoms with Gasteiger partial charge in [-0.3, -0.25) is 13.9 Å².